The zero-order valence-electron chi connectivity index (χ0n) is 5.11. The Balaban J connectivity index is 2.65. The van der Waals surface area contributed by atoms with Gasteiger partial charge in [-0.25, -0.2) is 0 Å². The fourth-order valence-electron chi connectivity index (χ4n) is 0.305. The van der Waals surface area contributed by atoms with Crippen molar-refractivity contribution in [3.05, 3.63) is 0 Å². The maximum absolute atomic E-state index is 5.02. The van der Waals surface area contributed by atoms with Gasteiger partial charge in [0.25, 0.3) is 0 Å². The van der Waals surface area contributed by atoms with Crippen molar-refractivity contribution in [2.75, 3.05) is 25.1 Å². The lowest BCUT2D eigenvalue weighted by Gasteiger charge is -1.93. The second-order valence-corrected chi connectivity index (χ2v) is 2.47. The molecule has 0 amide bonds. The van der Waals surface area contributed by atoms with Gasteiger partial charge in [-0.3, -0.25) is 0 Å². The molecular formula is C6H11NS. The summed E-state index contributed by atoms with van der Waals surface area (Å²) in [5, 5.41) is 3.04. The van der Waals surface area contributed by atoms with Crippen LogP contribution in [-0.2, 0) is 0 Å². The number of thioether (sulfide) groups is 1. The fourth-order valence-corrected chi connectivity index (χ4v) is 0.916. The second kappa shape index (κ2) is 6.87. The van der Waals surface area contributed by atoms with E-state index in [1.807, 2.05) is 7.05 Å². The van der Waals surface area contributed by atoms with Crippen LogP contribution < -0.4 is 5.32 Å². The molecule has 0 aliphatic carbocycles. The summed E-state index contributed by atoms with van der Waals surface area (Å²) in [6.45, 7) is 1.05. The second-order valence-electron chi connectivity index (χ2n) is 1.36. The Hall–Kier alpha value is -0.130. The largest absolute Gasteiger partial charge is 0.319 e. The average Bonchev–Trinajstić information content (AvgIpc) is 1.81. The van der Waals surface area contributed by atoms with Crippen LogP contribution in [0.2, 0.25) is 0 Å². The van der Waals surface area contributed by atoms with Crippen molar-refractivity contribution in [1.82, 2.24) is 5.32 Å². The normalized spacial score (nSPS) is 8.50. The van der Waals surface area contributed by atoms with Gasteiger partial charge in [0, 0.05) is 12.3 Å². The SMILES string of the molecule is C#CCSCCNC. The van der Waals surface area contributed by atoms with Crippen molar-refractivity contribution < 1.29 is 0 Å². The molecule has 0 saturated heterocycles. The molecule has 0 aliphatic rings. The summed E-state index contributed by atoms with van der Waals surface area (Å²) in [4.78, 5) is 0. The van der Waals surface area contributed by atoms with Crippen LogP contribution in [0.1, 0.15) is 0 Å². The first-order chi connectivity index (χ1) is 3.91. The van der Waals surface area contributed by atoms with E-state index < -0.39 is 0 Å². The summed E-state index contributed by atoms with van der Waals surface area (Å²) in [6.07, 6.45) is 5.02. The molecule has 2 heteroatoms. The van der Waals surface area contributed by atoms with Gasteiger partial charge >= 0.3 is 0 Å². The maximum Gasteiger partial charge on any atom is 0.0545 e. The molecule has 0 unspecified atom stereocenters. The molecule has 0 rings (SSSR count). The van der Waals surface area contributed by atoms with Gasteiger partial charge in [0.1, 0.15) is 0 Å². The van der Waals surface area contributed by atoms with E-state index >= 15 is 0 Å². The Kier molecular flexibility index (Phi) is 6.76. The summed E-state index contributed by atoms with van der Waals surface area (Å²) in [5.41, 5.74) is 0. The van der Waals surface area contributed by atoms with Gasteiger partial charge in [-0.1, -0.05) is 5.92 Å². The highest BCUT2D eigenvalue weighted by molar-refractivity contribution is 7.99. The highest BCUT2D eigenvalue weighted by Crippen LogP contribution is 1.94. The quantitative estimate of drug-likeness (QED) is 0.440. The molecule has 0 atom stereocenters. The van der Waals surface area contributed by atoms with E-state index in [0.717, 1.165) is 18.1 Å². The Morgan fingerprint density at radius 3 is 3.00 bits per heavy atom. The maximum atomic E-state index is 5.02. The minimum Gasteiger partial charge on any atom is -0.319 e. The van der Waals surface area contributed by atoms with Crippen LogP contribution in [0.25, 0.3) is 0 Å². The molecule has 0 aliphatic heterocycles. The third kappa shape index (κ3) is 5.87. The Bertz CT molecular complexity index is 75.1. The van der Waals surface area contributed by atoms with E-state index in [9.17, 15) is 0 Å². The van der Waals surface area contributed by atoms with E-state index in [4.69, 9.17) is 6.42 Å². The molecule has 46 valence electrons. The molecule has 8 heavy (non-hydrogen) atoms. The van der Waals surface area contributed by atoms with E-state index in [2.05, 4.69) is 11.2 Å². The Morgan fingerprint density at radius 1 is 1.75 bits per heavy atom. The van der Waals surface area contributed by atoms with Gasteiger partial charge in [-0.2, -0.15) is 0 Å². The van der Waals surface area contributed by atoms with Crippen molar-refractivity contribution in [2.24, 2.45) is 0 Å². The van der Waals surface area contributed by atoms with Gasteiger partial charge in [0.15, 0.2) is 0 Å². The van der Waals surface area contributed by atoms with Gasteiger partial charge in [-0.05, 0) is 7.05 Å². The first kappa shape index (κ1) is 7.87. The molecule has 0 radical (unpaired) electrons. The number of nitrogens with one attached hydrogen (secondary N) is 1. The Morgan fingerprint density at radius 2 is 2.50 bits per heavy atom. The van der Waals surface area contributed by atoms with Crippen LogP contribution in [0.5, 0.6) is 0 Å². The molecular weight excluding hydrogens is 118 g/mol. The van der Waals surface area contributed by atoms with E-state index in [1.54, 1.807) is 11.8 Å². The number of hydrogen-bond donors (Lipinski definition) is 1. The summed E-state index contributed by atoms with van der Waals surface area (Å²) in [5.74, 6) is 4.51. The molecule has 0 spiro atoms. The highest BCUT2D eigenvalue weighted by atomic mass is 32.2. The van der Waals surface area contributed by atoms with E-state index in [1.165, 1.54) is 0 Å². The van der Waals surface area contributed by atoms with Crippen molar-refractivity contribution in [2.45, 2.75) is 0 Å². The van der Waals surface area contributed by atoms with Crippen LogP contribution in [-0.4, -0.2) is 25.1 Å². The summed E-state index contributed by atoms with van der Waals surface area (Å²) in [6, 6.07) is 0. The first-order valence-electron chi connectivity index (χ1n) is 2.57. The van der Waals surface area contributed by atoms with Crippen LogP contribution in [0.15, 0.2) is 0 Å². The molecule has 0 bridgehead atoms. The fraction of sp³-hybridized carbons (Fsp3) is 0.667. The van der Waals surface area contributed by atoms with E-state index in [0.29, 0.717) is 0 Å². The number of hydrogen-bond acceptors (Lipinski definition) is 2. The van der Waals surface area contributed by atoms with Crippen molar-refractivity contribution >= 4 is 11.8 Å². The molecule has 0 heterocycles. The van der Waals surface area contributed by atoms with Gasteiger partial charge in [0.05, 0.1) is 5.75 Å². The van der Waals surface area contributed by atoms with Crippen LogP contribution in [0, 0.1) is 12.3 Å². The van der Waals surface area contributed by atoms with Gasteiger partial charge in [-0.15, -0.1) is 18.2 Å². The van der Waals surface area contributed by atoms with Crippen LogP contribution >= 0.6 is 11.8 Å². The molecule has 0 saturated carbocycles. The van der Waals surface area contributed by atoms with Gasteiger partial charge in [0.2, 0.25) is 0 Å². The predicted octanol–water partition coefficient (Wildman–Crippen LogP) is 0.572. The molecule has 0 aromatic carbocycles. The molecule has 0 aromatic heterocycles. The topological polar surface area (TPSA) is 12.0 Å². The minimum absolute atomic E-state index is 0.835. The lowest BCUT2D eigenvalue weighted by Crippen LogP contribution is -2.09. The zero-order chi connectivity index (χ0) is 6.24. The first-order valence-corrected chi connectivity index (χ1v) is 3.73. The minimum atomic E-state index is 0.835. The average molecular weight is 129 g/mol. The summed E-state index contributed by atoms with van der Waals surface area (Å²) in [7, 11) is 1.94. The highest BCUT2D eigenvalue weighted by Gasteiger charge is 1.80. The molecule has 1 nitrogen and oxygen atoms in total. The van der Waals surface area contributed by atoms with Crippen molar-refractivity contribution in [3.63, 3.8) is 0 Å². The van der Waals surface area contributed by atoms with Gasteiger partial charge < -0.3 is 5.32 Å². The van der Waals surface area contributed by atoms with Crippen LogP contribution in [0.3, 0.4) is 0 Å². The monoisotopic (exact) mass is 129 g/mol. The third-order valence-corrected chi connectivity index (χ3v) is 1.55. The predicted molar refractivity (Wildman–Crippen MR) is 40.1 cm³/mol. The van der Waals surface area contributed by atoms with Crippen molar-refractivity contribution in [1.29, 1.82) is 0 Å². The van der Waals surface area contributed by atoms with Crippen molar-refractivity contribution in [3.8, 4) is 12.3 Å². The lowest BCUT2D eigenvalue weighted by atomic mass is 10.8. The number of terminal acetylenes is 1. The molecule has 1 N–H and O–H groups in total. The molecule has 0 fully saturated rings. The third-order valence-electron chi connectivity index (χ3n) is 0.682. The zero-order valence-corrected chi connectivity index (χ0v) is 5.92. The Labute approximate surface area is 55.2 Å². The summed E-state index contributed by atoms with van der Waals surface area (Å²) < 4.78 is 0. The lowest BCUT2D eigenvalue weighted by molar-refractivity contribution is 0.872. The summed E-state index contributed by atoms with van der Waals surface area (Å²) >= 11 is 1.78. The smallest absolute Gasteiger partial charge is 0.0545 e. The van der Waals surface area contributed by atoms with E-state index in [-0.39, 0.29) is 0 Å². The van der Waals surface area contributed by atoms with Crippen LogP contribution in [0.4, 0.5) is 0 Å². The standard InChI is InChI=1S/C6H11NS/c1-3-5-8-6-4-7-2/h1,7H,4-6H2,2H3. The molecule has 0 aromatic rings. The number of rotatable bonds is 4.